The van der Waals surface area contributed by atoms with E-state index in [4.69, 9.17) is 9.47 Å². The summed E-state index contributed by atoms with van der Waals surface area (Å²) in [6.07, 6.45) is 0.304. The standard InChI is InChI=1S/C14H32N2O2/c1-12(2)9-15-10-14(11-17-6)16(5)7-8-18-13(3)4/h12-15H,7-11H2,1-6H3. The van der Waals surface area contributed by atoms with E-state index in [9.17, 15) is 0 Å². The highest BCUT2D eigenvalue weighted by Gasteiger charge is 2.14. The highest BCUT2D eigenvalue weighted by molar-refractivity contribution is 4.71. The van der Waals surface area contributed by atoms with E-state index in [1.807, 2.05) is 0 Å². The van der Waals surface area contributed by atoms with Crippen LogP contribution in [0.1, 0.15) is 27.7 Å². The fraction of sp³-hybridized carbons (Fsp3) is 1.00. The van der Waals surface area contributed by atoms with E-state index in [0.717, 1.165) is 32.8 Å². The summed E-state index contributed by atoms with van der Waals surface area (Å²) in [6.45, 7) is 13.1. The molecule has 0 saturated carbocycles. The molecule has 0 bridgehead atoms. The van der Waals surface area contributed by atoms with Crippen molar-refractivity contribution in [1.82, 2.24) is 10.2 Å². The van der Waals surface area contributed by atoms with Crippen molar-refractivity contribution in [3.05, 3.63) is 0 Å². The van der Waals surface area contributed by atoms with Gasteiger partial charge in [0.05, 0.1) is 19.3 Å². The zero-order valence-corrected chi connectivity index (χ0v) is 13.0. The zero-order chi connectivity index (χ0) is 14.0. The molecule has 0 aliphatic carbocycles. The number of hydrogen-bond donors (Lipinski definition) is 1. The van der Waals surface area contributed by atoms with E-state index in [1.165, 1.54) is 0 Å². The summed E-state index contributed by atoms with van der Waals surface area (Å²) >= 11 is 0. The van der Waals surface area contributed by atoms with Crippen LogP contribution in [0.25, 0.3) is 0 Å². The van der Waals surface area contributed by atoms with Crippen molar-refractivity contribution in [2.45, 2.75) is 39.8 Å². The van der Waals surface area contributed by atoms with Gasteiger partial charge in [-0.2, -0.15) is 0 Å². The van der Waals surface area contributed by atoms with Crippen molar-refractivity contribution < 1.29 is 9.47 Å². The molecule has 0 amide bonds. The van der Waals surface area contributed by atoms with Crippen LogP contribution >= 0.6 is 0 Å². The topological polar surface area (TPSA) is 33.7 Å². The average molecular weight is 260 g/mol. The molecule has 0 spiro atoms. The number of rotatable bonds is 11. The molecular weight excluding hydrogens is 228 g/mol. The molecule has 0 aromatic heterocycles. The van der Waals surface area contributed by atoms with Gasteiger partial charge in [0.2, 0.25) is 0 Å². The lowest BCUT2D eigenvalue weighted by atomic mass is 10.2. The highest BCUT2D eigenvalue weighted by atomic mass is 16.5. The second kappa shape index (κ2) is 10.7. The molecule has 4 nitrogen and oxygen atoms in total. The molecule has 18 heavy (non-hydrogen) atoms. The van der Waals surface area contributed by atoms with Crippen LogP contribution in [0.5, 0.6) is 0 Å². The molecule has 0 radical (unpaired) electrons. The van der Waals surface area contributed by atoms with Crippen molar-refractivity contribution in [2.75, 3.05) is 47.0 Å². The Bertz CT molecular complexity index is 187. The first-order valence-corrected chi connectivity index (χ1v) is 6.98. The summed E-state index contributed by atoms with van der Waals surface area (Å²) in [5.41, 5.74) is 0. The molecule has 1 atom stereocenters. The van der Waals surface area contributed by atoms with E-state index < -0.39 is 0 Å². The smallest absolute Gasteiger partial charge is 0.0630 e. The fourth-order valence-electron chi connectivity index (χ4n) is 1.69. The van der Waals surface area contributed by atoms with E-state index in [-0.39, 0.29) is 0 Å². The molecule has 1 N–H and O–H groups in total. The van der Waals surface area contributed by atoms with Crippen LogP contribution in [0, 0.1) is 5.92 Å². The van der Waals surface area contributed by atoms with Gasteiger partial charge in [0, 0.05) is 26.2 Å². The molecular formula is C14H32N2O2. The third-order valence-electron chi connectivity index (χ3n) is 2.81. The van der Waals surface area contributed by atoms with Crippen LogP contribution < -0.4 is 5.32 Å². The monoisotopic (exact) mass is 260 g/mol. The normalized spacial score (nSPS) is 13.8. The summed E-state index contributed by atoms with van der Waals surface area (Å²) in [4.78, 5) is 2.30. The molecule has 0 aliphatic heterocycles. The van der Waals surface area contributed by atoms with Gasteiger partial charge in [-0.25, -0.2) is 0 Å². The van der Waals surface area contributed by atoms with Crippen molar-refractivity contribution in [1.29, 1.82) is 0 Å². The predicted octanol–water partition coefficient (Wildman–Crippen LogP) is 1.60. The van der Waals surface area contributed by atoms with Gasteiger partial charge in [-0.05, 0) is 33.4 Å². The summed E-state index contributed by atoms with van der Waals surface area (Å²) in [6, 6.07) is 0.407. The van der Waals surface area contributed by atoms with Gasteiger partial charge < -0.3 is 14.8 Å². The summed E-state index contributed by atoms with van der Waals surface area (Å²) < 4.78 is 10.9. The summed E-state index contributed by atoms with van der Waals surface area (Å²) in [7, 11) is 3.89. The molecule has 110 valence electrons. The molecule has 0 aromatic rings. The molecule has 0 aromatic carbocycles. The number of nitrogens with one attached hydrogen (secondary N) is 1. The first kappa shape index (κ1) is 17.8. The molecule has 0 rings (SSSR count). The lowest BCUT2D eigenvalue weighted by Crippen LogP contribution is -2.45. The first-order valence-electron chi connectivity index (χ1n) is 6.98. The number of nitrogens with zero attached hydrogens (tertiary/aromatic N) is 1. The SMILES string of the molecule is COCC(CNCC(C)C)N(C)CCOC(C)C. The number of methoxy groups -OCH3 is 1. The Morgan fingerprint density at radius 1 is 1.11 bits per heavy atom. The second-order valence-electron chi connectivity index (χ2n) is 5.56. The van der Waals surface area contributed by atoms with Gasteiger partial charge in [0.1, 0.15) is 0 Å². The third-order valence-corrected chi connectivity index (χ3v) is 2.81. The lowest BCUT2D eigenvalue weighted by molar-refractivity contribution is 0.0417. The average Bonchev–Trinajstić information content (AvgIpc) is 2.26. The maximum Gasteiger partial charge on any atom is 0.0630 e. The Kier molecular flexibility index (Phi) is 10.6. The van der Waals surface area contributed by atoms with Crippen molar-refractivity contribution >= 4 is 0 Å². The van der Waals surface area contributed by atoms with Crippen LogP contribution in [0.4, 0.5) is 0 Å². The van der Waals surface area contributed by atoms with E-state index in [0.29, 0.717) is 18.1 Å². The Morgan fingerprint density at radius 3 is 2.28 bits per heavy atom. The fourth-order valence-corrected chi connectivity index (χ4v) is 1.69. The van der Waals surface area contributed by atoms with Crippen LogP contribution in [0.15, 0.2) is 0 Å². The summed E-state index contributed by atoms with van der Waals surface area (Å²) in [5, 5.41) is 3.49. The molecule has 0 saturated heterocycles. The molecule has 0 fully saturated rings. The van der Waals surface area contributed by atoms with Crippen molar-refractivity contribution in [3.63, 3.8) is 0 Å². The first-order chi connectivity index (χ1) is 8.47. The largest absolute Gasteiger partial charge is 0.383 e. The van der Waals surface area contributed by atoms with Gasteiger partial charge >= 0.3 is 0 Å². The van der Waals surface area contributed by atoms with E-state index in [2.05, 4.69) is 45.0 Å². The molecule has 0 aliphatic rings. The Labute approximate surface area is 113 Å². The van der Waals surface area contributed by atoms with Gasteiger partial charge in [-0.3, -0.25) is 4.90 Å². The van der Waals surface area contributed by atoms with Gasteiger partial charge in [-0.1, -0.05) is 13.8 Å². The molecule has 1 unspecified atom stereocenters. The minimum absolute atomic E-state index is 0.304. The minimum Gasteiger partial charge on any atom is -0.383 e. The Morgan fingerprint density at radius 2 is 1.78 bits per heavy atom. The zero-order valence-electron chi connectivity index (χ0n) is 13.0. The van der Waals surface area contributed by atoms with Gasteiger partial charge in [-0.15, -0.1) is 0 Å². The maximum absolute atomic E-state index is 5.58. The van der Waals surface area contributed by atoms with E-state index >= 15 is 0 Å². The van der Waals surface area contributed by atoms with Crippen LogP contribution in [0.3, 0.4) is 0 Å². The number of ether oxygens (including phenoxy) is 2. The minimum atomic E-state index is 0.304. The Hall–Kier alpha value is -0.160. The maximum atomic E-state index is 5.58. The van der Waals surface area contributed by atoms with Crippen molar-refractivity contribution in [2.24, 2.45) is 5.92 Å². The van der Waals surface area contributed by atoms with Crippen LogP contribution in [0.2, 0.25) is 0 Å². The second-order valence-corrected chi connectivity index (χ2v) is 5.56. The predicted molar refractivity (Wildman–Crippen MR) is 77.1 cm³/mol. The number of likely N-dealkylation sites (N-methyl/N-ethyl adjacent to an activating group) is 1. The molecule has 4 heteroatoms. The van der Waals surface area contributed by atoms with Gasteiger partial charge in [0.25, 0.3) is 0 Å². The van der Waals surface area contributed by atoms with Gasteiger partial charge in [0.15, 0.2) is 0 Å². The quantitative estimate of drug-likeness (QED) is 0.612. The third kappa shape index (κ3) is 9.83. The summed E-state index contributed by atoms with van der Waals surface area (Å²) in [5.74, 6) is 0.683. The highest BCUT2D eigenvalue weighted by Crippen LogP contribution is 1.98. The van der Waals surface area contributed by atoms with E-state index in [1.54, 1.807) is 7.11 Å². The Balaban J connectivity index is 3.90. The molecule has 0 heterocycles. The van der Waals surface area contributed by atoms with Crippen LogP contribution in [-0.4, -0.2) is 64.1 Å². The lowest BCUT2D eigenvalue weighted by Gasteiger charge is -2.28. The van der Waals surface area contributed by atoms with Crippen molar-refractivity contribution in [3.8, 4) is 0 Å². The van der Waals surface area contributed by atoms with Crippen LogP contribution in [-0.2, 0) is 9.47 Å². The number of hydrogen-bond acceptors (Lipinski definition) is 4.